The van der Waals surface area contributed by atoms with E-state index in [1.54, 1.807) is 25.6 Å². The van der Waals surface area contributed by atoms with Gasteiger partial charge in [-0.15, -0.1) is 0 Å². The van der Waals surface area contributed by atoms with Crippen LogP contribution in [0, 0.1) is 0 Å². The molecule has 1 amide bonds. The molecule has 3 rings (SSSR count). The molecule has 0 bridgehead atoms. The molecule has 0 saturated heterocycles. The van der Waals surface area contributed by atoms with E-state index < -0.39 is 0 Å². The molecular weight excluding hydrogens is 352 g/mol. The van der Waals surface area contributed by atoms with Crippen molar-refractivity contribution < 1.29 is 9.53 Å². The quantitative estimate of drug-likeness (QED) is 0.629. The van der Waals surface area contributed by atoms with E-state index in [1.165, 1.54) is 0 Å². The van der Waals surface area contributed by atoms with E-state index in [1.807, 2.05) is 56.6 Å². The molecule has 0 aliphatic carbocycles. The van der Waals surface area contributed by atoms with E-state index >= 15 is 0 Å². The van der Waals surface area contributed by atoms with Crippen LogP contribution in [0.4, 0.5) is 0 Å². The number of rotatable bonds is 8. The van der Waals surface area contributed by atoms with Gasteiger partial charge in [-0.1, -0.05) is 36.4 Å². The number of hydrogen-bond donors (Lipinski definition) is 2. The van der Waals surface area contributed by atoms with Gasteiger partial charge in [0.2, 0.25) is 0 Å². The van der Waals surface area contributed by atoms with E-state index in [0.29, 0.717) is 11.3 Å². The van der Waals surface area contributed by atoms with Crippen molar-refractivity contribution in [2.75, 3.05) is 27.7 Å². The first-order valence-corrected chi connectivity index (χ1v) is 9.26. The Balaban J connectivity index is 1.82. The highest BCUT2D eigenvalue weighted by atomic mass is 16.5. The number of H-pyrrole nitrogens is 1. The van der Waals surface area contributed by atoms with Crippen LogP contribution in [0.5, 0.6) is 5.75 Å². The first kappa shape index (κ1) is 19.6. The second-order valence-corrected chi connectivity index (χ2v) is 6.93. The summed E-state index contributed by atoms with van der Waals surface area (Å²) in [7, 11) is 5.63. The molecule has 1 unspecified atom stereocenters. The van der Waals surface area contributed by atoms with Crippen LogP contribution in [0.15, 0.2) is 60.9 Å². The monoisotopic (exact) mass is 378 g/mol. The predicted octanol–water partition coefficient (Wildman–Crippen LogP) is 3.51. The van der Waals surface area contributed by atoms with Crippen LogP contribution in [0.25, 0.3) is 11.1 Å². The van der Waals surface area contributed by atoms with Crippen LogP contribution in [-0.4, -0.2) is 48.8 Å². The van der Waals surface area contributed by atoms with Gasteiger partial charge in [-0.2, -0.15) is 5.10 Å². The summed E-state index contributed by atoms with van der Waals surface area (Å²) in [5.41, 5.74) is 3.49. The average Bonchev–Trinajstić information content (AvgIpc) is 3.26. The first-order valence-electron chi connectivity index (χ1n) is 9.26. The Labute approximate surface area is 165 Å². The molecule has 0 radical (unpaired) electrons. The number of amides is 1. The minimum absolute atomic E-state index is 0.0747. The molecule has 1 heterocycles. The van der Waals surface area contributed by atoms with Crippen molar-refractivity contribution >= 4 is 5.91 Å². The zero-order valence-electron chi connectivity index (χ0n) is 16.5. The van der Waals surface area contributed by atoms with Crippen LogP contribution < -0.4 is 10.1 Å². The fourth-order valence-electron chi connectivity index (χ4n) is 3.10. The number of carbonyl (C=O) groups is 1. The predicted molar refractivity (Wildman–Crippen MR) is 110 cm³/mol. The third kappa shape index (κ3) is 4.78. The molecule has 0 aliphatic rings. The molecule has 6 heteroatoms. The molecule has 6 nitrogen and oxygen atoms in total. The fraction of sp³-hybridized carbons (Fsp3) is 0.273. The normalized spacial score (nSPS) is 12.0. The lowest BCUT2D eigenvalue weighted by Gasteiger charge is -2.22. The summed E-state index contributed by atoms with van der Waals surface area (Å²) in [6, 6.07) is 15.5. The third-order valence-corrected chi connectivity index (χ3v) is 4.65. The molecule has 28 heavy (non-hydrogen) atoms. The van der Waals surface area contributed by atoms with E-state index in [9.17, 15) is 4.79 Å². The fourth-order valence-corrected chi connectivity index (χ4v) is 3.10. The van der Waals surface area contributed by atoms with Crippen molar-refractivity contribution in [2.45, 2.75) is 12.5 Å². The van der Waals surface area contributed by atoms with E-state index in [0.717, 1.165) is 29.7 Å². The summed E-state index contributed by atoms with van der Waals surface area (Å²) < 4.78 is 5.49. The number of hydrogen-bond acceptors (Lipinski definition) is 4. The lowest BCUT2D eigenvalue weighted by Crippen LogP contribution is -2.31. The summed E-state index contributed by atoms with van der Waals surface area (Å²) in [6.07, 6.45) is 4.36. The standard InChI is InChI=1S/C22H26N4O2/c1-26(2)12-11-20(16-7-5-4-6-8-16)25-22(27)19-10-9-17(13-21(19)28-3)18-14-23-24-15-18/h4-10,13-15,20H,11-12H2,1-3H3,(H,23,24)(H,25,27). The number of benzene rings is 2. The Kier molecular flexibility index (Phi) is 6.45. The largest absolute Gasteiger partial charge is 0.496 e. The van der Waals surface area contributed by atoms with Gasteiger partial charge in [-0.05, 0) is 50.3 Å². The van der Waals surface area contributed by atoms with Crippen LogP contribution in [0.1, 0.15) is 28.4 Å². The maximum Gasteiger partial charge on any atom is 0.255 e. The van der Waals surface area contributed by atoms with Gasteiger partial charge in [0.05, 0.1) is 24.9 Å². The molecule has 0 aliphatic heterocycles. The molecular formula is C22H26N4O2. The second kappa shape index (κ2) is 9.19. The number of nitrogens with one attached hydrogen (secondary N) is 2. The van der Waals surface area contributed by atoms with Crippen molar-refractivity contribution in [2.24, 2.45) is 0 Å². The molecule has 3 aromatic rings. The highest BCUT2D eigenvalue weighted by molar-refractivity contribution is 5.97. The van der Waals surface area contributed by atoms with Gasteiger partial charge in [0.1, 0.15) is 5.75 Å². The maximum absolute atomic E-state index is 13.0. The zero-order chi connectivity index (χ0) is 19.9. The Morgan fingerprint density at radius 2 is 1.96 bits per heavy atom. The van der Waals surface area contributed by atoms with E-state index in [2.05, 4.69) is 20.4 Å². The maximum atomic E-state index is 13.0. The number of carbonyl (C=O) groups excluding carboxylic acids is 1. The molecule has 0 spiro atoms. The molecule has 0 fully saturated rings. The van der Waals surface area contributed by atoms with Gasteiger partial charge in [-0.25, -0.2) is 0 Å². The van der Waals surface area contributed by atoms with Gasteiger partial charge in [0.15, 0.2) is 0 Å². The minimum Gasteiger partial charge on any atom is -0.496 e. The molecule has 2 N–H and O–H groups in total. The SMILES string of the molecule is COc1cc(-c2cn[nH]c2)ccc1C(=O)NC(CCN(C)C)c1ccccc1. The average molecular weight is 378 g/mol. The van der Waals surface area contributed by atoms with Gasteiger partial charge >= 0.3 is 0 Å². The van der Waals surface area contributed by atoms with Crippen molar-refractivity contribution in [3.63, 3.8) is 0 Å². The molecule has 146 valence electrons. The van der Waals surface area contributed by atoms with Crippen LogP contribution in [0.2, 0.25) is 0 Å². The summed E-state index contributed by atoms with van der Waals surface area (Å²) in [6.45, 7) is 0.871. The molecule has 1 atom stereocenters. The lowest BCUT2D eigenvalue weighted by molar-refractivity contribution is 0.0929. The van der Waals surface area contributed by atoms with E-state index in [4.69, 9.17) is 4.74 Å². The smallest absolute Gasteiger partial charge is 0.255 e. The molecule has 2 aromatic carbocycles. The van der Waals surface area contributed by atoms with Crippen LogP contribution in [-0.2, 0) is 0 Å². The van der Waals surface area contributed by atoms with Gasteiger partial charge < -0.3 is 15.0 Å². The molecule has 0 saturated carbocycles. The van der Waals surface area contributed by atoms with E-state index in [-0.39, 0.29) is 11.9 Å². The van der Waals surface area contributed by atoms with Crippen LogP contribution in [0.3, 0.4) is 0 Å². The highest BCUT2D eigenvalue weighted by Gasteiger charge is 2.19. The zero-order valence-corrected chi connectivity index (χ0v) is 16.5. The summed E-state index contributed by atoms with van der Waals surface area (Å²) >= 11 is 0. The Bertz CT molecular complexity index is 892. The Morgan fingerprint density at radius 1 is 1.18 bits per heavy atom. The van der Waals surface area contributed by atoms with Crippen LogP contribution >= 0.6 is 0 Å². The summed E-state index contributed by atoms with van der Waals surface area (Å²) in [4.78, 5) is 15.1. The number of ether oxygens (including phenoxy) is 1. The van der Waals surface area contributed by atoms with Crippen molar-refractivity contribution in [1.82, 2.24) is 20.4 Å². The van der Waals surface area contributed by atoms with Gasteiger partial charge in [-0.3, -0.25) is 9.89 Å². The number of aromatic nitrogens is 2. The van der Waals surface area contributed by atoms with Gasteiger partial charge in [0.25, 0.3) is 5.91 Å². The Hall–Kier alpha value is -3.12. The topological polar surface area (TPSA) is 70.2 Å². The summed E-state index contributed by atoms with van der Waals surface area (Å²) in [5.74, 6) is 0.388. The lowest BCUT2D eigenvalue weighted by atomic mass is 10.0. The van der Waals surface area contributed by atoms with Gasteiger partial charge in [0, 0.05) is 11.8 Å². The second-order valence-electron chi connectivity index (χ2n) is 6.93. The molecule has 1 aromatic heterocycles. The summed E-state index contributed by atoms with van der Waals surface area (Å²) in [5, 5.41) is 9.94. The van der Waals surface area contributed by atoms with Crippen molar-refractivity contribution in [1.29, 1.82) is 0 Å². The first-order chi connectivity index (χ1) is 13.6. The highest BCUT2D eigenvalue weighted by Crippen LogP contribution is 2.27. The Morgan fingerprint density at radius 3 is 2.61 bits per heavy atom. The number of aromatic amines is 1. The van der Waals surface area contributed by atoms with Crippen molar-refractivity contribution in [3.8, 4) is 16.9 Å². The number of nitrogens with zero attached hydrogens (tertiary/aromatic N) is 2. The minimum atomic E-state index is -0.150. The number of methoxy groups -OCH3 is 1. The third-order valence-electron chi connectivity index (χ3n) is 4.65. The van der Waals surface area contributed by atoms with Crippen molar-refractivity contribution in [3.05, 3.63) is 72.1 Å².